The average molecular weight is 410 g/mol. The first kappa shape index (κ1) is 19.9. The third-order valence-electron chi connectivity index (χ3n) is 5.62. The van der Waals surface area contributed by atoms with Crippen LogP contribution in [0.5, 0.6) is 11.5 Å². The van der Waals surface area contributed by atoms with E-state index in [1.807, 2.05) is 0 Å². The highest BCUT2D eigenvalue weighted by Crippen LogP contribution is 2.33. The van der Waals surface area contributed by atoms with Crippen molar-refractivity contribution in [3.63, 3.8) is 0 Å². The normalized spacial score (nSPS) is 16.2. The molecule has 4 rings (SSSR count). The van der Waals surface area contributed by atoms with E-state index in [1.54, 1.807) is 36.1 Å². The van der Waals surface area contributed by atoms with E-state index in [4.69, 9.17) is 9.47 Å². The lowest BCUT2D eigenvalue weighted by Crippen LogP contribution is -2.40. The predicted octanol–water partition coefficient (Wildman–Crippen LogP) is 3.41. The Balaban J connectivity index is 1.40. The molecule has 8 heteroatoms. The van der Waals surface area contributed by atoms with E-state index in [2.05, 4.69) is 0 Å². The molecule has 2 aliphatic heterocycles. The van der Waals surface area contributed by atoms with Gasteiger partial charge in [0.2, 0.25) is 0 Å². The molecule has 156 valence electrons. The molecule has 0 N–H and O–H groups in total. The number of rotatable bonds is 4. The summed E-state index contributed by atoms with van der Waals surface area (Å²) in [7, 11) is 0. The number of carbonyl (C=O) groups excluding carboxylic acids is 2. The first-order valence-corrected chi connectivity index (χ1v) is 9.92. The largest absolute Gasteiger partial charge is 0.486 e. The maximum Gasteiger partial charge on any atom is 0.272 e. The second-order valence-corrected chi connectivity index (χ2v) is 7.55. The first-order chi connectivity index (χ1) is 14.4. The van der Waals surface area contributed by atoms with Crippen molar-refractivity contribution < 1.29 is 24.0 Å². The van der Waals surface area contributed by atoms with Crippen LogP contribution in [0.2, 0.25) is 0 Å². The number of carbonyl (C=O) groups is 2. The fourth-order valence-electron chi connectivity index (χ4n) is 3.95. The van der Waals surface area contributed by atoms with Crippen LogP contribution in [0.3, 0.4) is 0 Å². The highest BCUT2D eigenvalue weighted by molar-refractivity contribution is 5.99. The number of ketones is 1. The number of nitro benzene ring substituents is 1. The summed E-state index contributed by atoms with van der Waals surface area (Å²) in [5.74, 6) is 0.962. The van der Waals surface area contributed by atoms with Crippen molar-refractivity contribution in [1.82, 2.24) is 4.90 Å². The van der Waals surface area contributed by atoms with Crippen molar-refractivity contribution >= 4 is 17.4 Å². The van der Waals surface area contributed by atoms with Crippen LogP contribution in [0.25, 0.3) is 0 Å². The molecule has 2 aromatic carbocycles. The van der Waals surface area contributed by atoms with Crippen LogP contribution in [0, 0.1) is 23.0 Å². The number of Topliss-reactive ketones (excluding diaryl/α,β-unsaturated/α-hetero) is 1. The molecule has 0 spiro atoms. The SMILES string of the molecule is Cc1cc(C(=O)N2CCC(C(=O)c3ccc4c(c3)OCCO4)CC2)ccc1[N+](=O)[O-]. The van der Waals surface area contributed by atoms with Crippen molar-refractivity contribution in [2.75, 3.05) is 26.3 Å². The van der Waals surface area contributed by atoms with Gasteiger partial charge < -0.3 is 14.4 Å². The number of ether oxygens (including phenoxy) is 2. The van der Waals surface area contributed by atoms with E-state index in [1.165, 1.54) is 12.1 Å². The molecule has 2 heterocycles. The van der Waals surface area contributed by atoms with Gasteiger partial charge in [0.25, 0.3) is 11.6 Å². The van der Waals surface area contributed by atoms with Crippen molar-refractivity contribution in [3.05, 3.63) is 63.2 Å². The Bertz CT molecular complexity index is 1010. The molecule has 1 amide bonds. The molecule has 2 aromatic rings. The smallest absolute Gasteiger partial charge is 0.272 e. The zero-order chi connectivity index (χ0) is 21.3. The highest BCUT2D eigenvalue weighted by Gasteiger charge is 2.29. The molecule has 0 saturated carbocycles. The number of nitro groups is 1. The zero-order valence-electron chi connectivity index (χ0n) is 16.6. The Hall–Kier alpha value is -3.42. The molecule has 0 atom stereocenters. The van der Waals surface area contributed by atoms with Crippen LogP contribution in [0.4, 0.5) is 5.69 Å². The molecule has 30 heavy (non-hydrogen) atoms. The van der Waals surface area contributed by atoms with E-state index >= 15 is 0 Å². The number of aryl methyl sites for hydroxylation is 1. The van der Waals surface area contributed by atoms with Gasteiger partial charge in [-0.15, -0.1) is 0 Å². The number of piperidine rings is 1. The molecular formula is C22H22N2O6. The van der Waals surface area contributed by atoms with Crippen LogP contribution in [-0.2, 0) is 0 Å². The Morgan fingerprint density at radius 1 is 1.00 bits per heavy atom. The van der Waals surface area contributed by atoms with Crippen LogP contribution in [0.15, 0.2) is 36.4 Å². The van der Waals surface area contributed by atoms with E-state index in [9.17, 15) is 19.7 Å². The van der Waals surface area contributed by atoms with Gasteiger partial charge in [0.05, 0.1) is 4.92 Å². The van der Waals surface area contributed by atoms with E-state index in [-0.39, 0.29) is 23.3 Å². The summed E-state index contributed by atoms with van der Waals surface area (Å²) in [6.45, 7) is 3.52. The maximum absolute atomic E-state index is 12.9. The van der Waals surface area contributed by atoms with Gasteiger partial charge in [0.15, 0.2) is 17.3 Å². The second kappa shape index (κ2) is 8.14. The quantitative estimate of drug-likeness (QED) is 0.435. The Morgan fingerprint density at radius 3 is 2.33 bits per heavy atom. The Morgan fingerprint density at radius 2 is 1.67 bits per heavy atom. The van der Waals surface area contributed by atoms with Crippen molar-refractivity contribution in [3.8, 4) is 11.5 Å². The van der Waals surface area contributed by atoms with Gasteiger partial charge in [-0.2, -0.15) is 0 Å². The second-order valence-electron chi connectivity index (χ2n) is 7.55. The van der Waals surface area contributed by atoms with Gasteiger partial charge in [0, 0.05) is 41.8 Å². The van der Waals surface area contributed by atoms with Crippen LogP contribution < -0.4 is 9.47 Å². The third-order valence-corrected chi connectivity index (χ3v) is 5.62. The van der Waals surface area contributed by atoms with Crippen molar-refractivity contribution in [1.29, 1.82) is 0 Å². The summed E-state index contributed by atoms with van der Waals surface area (Å²) in [4.78, 5) is 37.9. The van der Waals surface area contributed by atoms with Gasteiger partial charge >= 0.3 is 0 Å². The first-order valence-electron chi connectivity index (χ1n) is 9.92. The molecule has 1 fully saturated rings. The molecule has 0 aromatic heterocycles. The fourth-order valence-corrected chi connectivity index (χ4v) is 3.95. The van der Waals surface area contributed by atoms with Crippen LogP contribution in [-0.4, -0.2) is 47.8 Å². The maximum atomic E-state index is 12.9. The summed E-state index contributed by atoms with van der Waals surface area (Å²) in [5, 5.41) is 11.0. The third kappa shape index (κ3) is 3.85. The summed E-state index contributed by atoms with van der Waals surface area (Å²) >= 11 is 0. The molecular weight excluding hydrogens is 388 g/mol. The summed E-state index contributed by atoms with van der Waals surface area (Å²) < 4.78 is 11.1. The molecule has 0 radical (unpaired) electrons. The topological polar surface area (TPSA) is 99.0 Å². The number of hydrogen-bond acceptors (Lipinski definition) is 6. The van der Waals surface area contributed by atoms with E-state index in [0.717, 1.165) is 0 Å². The molecule has 8 nitrogen and oxygen atoms in total. The minimum atomic E-state index is -0.460. The van der Waals surface area contributed by atoms with Gasteiger partial charge in [-0.3, -0.25) is 19.7 Å². The molecule has 0 bridgehead atoms. The lowest BCUT2D eigenvalue weighted by Gasteiger charge is -2.31. The number of nitrogens with zero attached hydrogens (tertiary/aromatic N) is 2. The average Bonchev–Trinajstić information content (AvgIpc) is 2.77. The predicted molar refractivity (Wildman–Crippen MR) is 108 cm³/mol. The van der Waals surface area contributed by atoms with Gasteiger partial charge in [-0.1, -0.05) is 0 Å². The number of benzene rings is 2. The summed E-state index contributed by atoms with van der Waals surface area (Å²) in [5.41, 5.74) is 1.47. The Labute approximate surface area is 173 Å². The summed E-state index contributed by atoms with van der Waals surface area (Å²) in [6, 6.07) is 9.64. The number of likely N-dealkylation sites (tertiary alicyclic amines) is 1. The highest BCUT2D eigenvalue weighted by atomic mass is 16.6. The number of hydrogen-bond donors (Lipinski definition) is 0. The lowest BCUT2D eigenvalue weighted by molar-refractivity contribution is -0.385. The molecule has 2 aliphatic rings. The minimum absolute atomic E-state index is 0.00437. The fraction of sp³-hybridized carbons (Fsp3) is 0.364. The van der Waals surface area contributed by atoms with Gasteiger partial charge in [-0.05, 0) is 50.1 Å². The summed E-state index contributed by atoms with van der Waals surface area (Å²) in [6.07, 6.45) is 1.15. The zero-order valence-corrected chi connectivity index (χ0v) is 16.6. The minimum Gasteiger partial charge on any atom is -0.486 e. The standard InChI is InChI=1S/C22H22N2O6/c1-14-12-17(2-4-18(14)24(27)28)22(26)23-8-6-15(7-9-23)21(25)16-3-5-19-20(13-16)30-11-10-29-19/h2-5,12-13,15H,6-11H2,1H3. The molecule has 0 unspecified atom stereocenters. The van der Waals surface area contributed by atoms with E-state index in [0.29, 0.717) is 67.3 Å². The van der Waals surface area contributed by atoms with Gasteiger partial charge in [0.1, 0.15) is 13.2 Å². The lowest BCUT2D eigenvalue weighted by atomic mass is 9.88. The number of fused-ring (bicyclic) bond motifs is 1. The Kier molecular flexibility index (Phi) is 5.39. The molecule has 0 aliphatic carbocycles. The molecule has 1 saturated heterocycles. The van der Waals surface area contributed by atoms with Crippen molar-refractivity contribution in [2.45, 2.75) is 19.8 Å². The number of amides is 1. The monoisotopic (exact) mass is 410 g/mol. The van der Waals surface area contributed by atoms with Crippen LogP contribution >= 0.6 is 0 Å². The van der Waals surface area contributed by atoms with Crippen molar-refractivity contribution in [2.24, 2.45) is 5.92 Å². The van der Waals surface area contributed by atoms with Crippen LogP contribution in [0.1, 0.15) is 39.1 Å². The van der Waals surface area contributed by atoms with E-state index < -0.39 is 4.92 Å². The van der Waals surface area contributed by atoms with Gasteiger partial charge in [-0.25, -0.2) is 0 Å².